The Morgan fingerprint density at radius 3 is 3.12 bits per heavy atom. The summed E-state index contributed by atoms with van der Waals surface area (Å²) in [6, 6.07) is 0.670. The Labute approximate surface area is 104 Å². The molecule has 2 heterocycles. The van der Waals surface area contributed by atoms with E-state index < -0.39 is 0 Å². The number of piperidine rings is 1. The van der Waals surface area contributed by atoms with E-state index in [1.807, 2.05) is 7.05 Å². The van der Waals surface area contributed by atoms with Crippen LogP contribution in [0.5, 0.6) is 0 Å². The summed E-state index contributed by atoms with van der Waals surface area (Å²) < 4.78 is 5.90. The third-order valence-corrected chi connectivity index (χ3v) is 3.67. The van der Waals surface area contributed by atoms with Gasteiger partial charge in [0.1, 0.15) is 0 Å². The number of morpholine rings is 1. The molecule has 2 aliphatic heterocycles. The summed E-state index contributed by atoms with van der Waals surface area (Å²) in [6.45, 7) is 4.02. The first kappa shape index (κ1) is 12.6. The van der Waals surface area contributed by atoms with E-state index in [1.54, 1.807) is 7.05 Å². The van der Waals surface area contributed by atoms with E-state index >= 15 is 0 Å². The Morgan fingerprint density at radius 1 is 1.47 bits per heavy atom. The van der Waals surface area contributed by atoms with E-state index in [1.165, 1.54) is 25.8 Å². The number of hydrogen-bond donors (Lipinski definition) is 2. The van der Waals surface area contributed by atoms with Crippen molar-refractivity contribution in [2.75, 3.05) is 40.3 Å². The maximum absolute atomic E-state index is 5.90. The second-order valence-corrected chi connectivity index (χ2v) is 4.80. The van der Waals surface area contributed by atoms with Crippen molar-refractivity contribution in [2.45, 2.75) is 31.4 Å². The molecule has 0 aromatic carbocycles. The molecule has 0 aromatic rings. The summed E-state index contributed by atoms with van der Waals surface area (Å²) in [4.78, 5) is 6.68. The maximum Gasteiger partial charge on any atom is 0.190 e. The molecular weight excluding hydrogens is 216 g/mol. The fourth-order valence-corrected chi connectivity index (χ4v) is 2.66. The third-order valence-electron chi connectivity index (χ3n) is 3.67. The Balaban J connectivity index is 1.76. The van der Waals surface area contributed by atoms with Crippen molar-refractivity contribution in [1.82, 2.24) is 15.5 Å². The van der Waals surface area contributed by atoms with Gasteiger partial charge in [-0.3, -0.25) is 9.89 Å². The number of aliphatic imine (C=N–C) groups is 1. The minimum Gasteiger partial charge on any atom is -0.373 e. The van der Waals surface area contributed by atoms with E-state index in [0.29, 0.717) is 6.04 Å². The first-order chi connectivity index (χ1) is 8.33. The van der Waals surface area contributed by atoms with Crippen LogP contribution in [0.1, 0.15) is 19.3 Å². The molecule has 0 radical (unpaired) electrons. The van der Waals surface area contributed by atoms with Crippen LogP contribution in [0, 0.1) is 0 Å². The van der Waals surface area contributed by atoms with Gasteiger partial charge in [-0.1, -0.05) is 6.42 Å². The van der Waals surface area contributed by atoms with Gasteiger partial charge < -0.3 is 15.4 Å². The van der Waals surface area contributed by atoms with E-state index in [9.17, 15) is 0 Å². The van der Waals surface area contributed by atoms with E-state index in [4.69, 9.17) is 4.74 Å². The van der Waals surface area contributed by atoms with Crippen molar-refractivity contribution >= 4 is 5.96 Å². The summed E-state index contributed by atoms with van der Waals surface area (Å²) in [5.74, 6) is 0.828. The molecule has 0 aliphatic carbocycles. The molecule has 2 aliphatic rings. The van der Waals surface area contributed by atoms with Gasteiger partial charge >= 0.3 is 0 Å². The molecule has 2 N–H and O–H groups in total. The summed E-state index contributed by atoms with van der Waals surface area (Å²) in [5.41, 5.74) is 0. The van der Waals surface area contributed by atoms with Gasteiger partial charge in [-0.05, 0) is 19.4 Å². The van der Waals surface area contributed by atoms with Crippen LogP contribution in [0.25, 0.3) is 0 Å². The highest BCUT2D eigenvalue weighted by atomic mass is 16.5. The maximum atomic E-state index is 5.90. The first-order valence-corrected chi connectivity index (χ1v) is 6.57. The monoisotopic (exact) mass is 240 g/mol. The topological polar surface area (TPSA) is 48.9 Å². The SMILES string of the molecule is CN=C(NC)NC[C@@H]1CN2CCCC[C@H]2CO1. The number of guanidine groups is 1. The lowest BCUT2D eigenvalue weighted by molar-refractivity contribution is -0.0719. The summed E-state index contributed by atoms with van der Waals surface area (Å²) in [6.07, 6.45) is 4.29. The van der Waals surface area contributed by atoms with E-state index in [-0.39, 0.29) is 6.10 Å². The van der Waals surface area contributed by atoms with Crippen LogP contribution in [0.2, 0.25) is 0 Å². The normalized spacial score (nSPS) is 30.8. The zero-order valence-electron chi connectivity index (χ0n) is 10.9. The van der Waals surface area contributed by atoms with Crippen LogP contribution >= 0.6 is 0 Å². The molecule has 2 atom stereocenters. The van der Waals surface area contributed by atoms with Gasteiger partial charge in [0.05, 0.1) is 12.7 Å². The minimum atomic E-state index is 0.287. The molecule has 0 unspecified atom stereocenters. The molecule has 5 heteroatoms. The first-order valence-electron chi connectivity index (χ1n) is 6.57. The van der Waals surface area contributed by atoms with Crippen molar-refractivity contribution in [3.8, 4) is 0 Å². The van der Waals surface area contributed by atoms with Crippen molar-refractivity contribution in [2.24, 2.45) is 4.99 Å². The van der Waals surface area contributed by atoms with Crippen LogP contribution in [-0.2, 0) is 4.74 Å². The van der Waals surface area contributed by atoms with Gasteiger partial charge in [0.15, 0.2) is 5.96 Å². The van der Waals surface area contributed by atoms with Crippen LogP contribution in [0.3, 0.4) is 0 Å². The van der Waals surface area contributed by atoms with Gasteiger partial charge in [-0.2, -0.15) is 0 Å². The largest absolute Gasteiger partial charge is 0.373 e. The predicted octanol–water partition coefficient (Wildman–Crippen LogP) is 0.0345. The van der Waals surface area contributed by atoms with Crippen LogP contribution < -0.4 is 10.6 Å². The van der Waals surface area contributed by atoms with E-state index in [2.05, 4.69) is 20.5 Å². The standard InChI is InChI=1S/C12H24N4O/c1-13-12(14-2)15-7-11-8-16-6-4-3-5-10(16)9-17-11/h10-11H,3-9H2,1-2H3,(H2,13,14,15)/t10-,11+/m0/s1. The minimum absolute atomic E-state index is 0.287. The van der Waals surface area contributed by atoms with Gasteiger partial charge in [0, 0.05) is 33.2 Å². The zero-order chi connectivity index (χ0) is 12.1. The average Bonchev–Trinajstić information content (AvgIpc) is 2.40. The lowest BCUT2D eigenvalue weighted by Crippen LogP contribution is -2.54. The van der Waals surface area contributed by atoms with Crippen molar-refractivity contribution in [3.05, 3.63) is 0 Å². The van der Waals surface area contributed by atoms with Crippen molar-refractivity contribution in [3.63, 3.8) is 0 Å². The van der Waals surface area contributed by atoms with Crippen LogP contribution in [0.4, 0.5) is 0 Å². The molecule has 2 rings (SSSR count). The third kappa shape index (κ3) is 3.33. The number of ether oxygens (including phenoxy) is 1. The number of nitrogens with zero attached hydrogens (tertiary/aromatic N) is 2. The summed E-state index contributed by atoms with van der Waals surface area (Å²) in [7, 11) is 3.65. The zero-order valence-corrected chi connectivity index (χ0v) is 10.9. The highest BCUT2D eigenvalue weighted by molar-refractivity contribution is 5.79. The van der Waals surface area contributed by atoms with Gasteiger partial charge in [0.2, 0.25) is 0 Å². The quantitative estimate of drug-likeness (QED) is 0.528. The second-order valence-electron chi connectivity index (χ2n) is 4.80. The molecule has 0 bridgehead atoms. The van der Waals surface area contributed by atoms with Crippen molar-refractivity contribution < 1.29 is 4.74 Å². The second kappa shape index (κ2) is 6.21. The lowest BCUT2D eigenvalue weighted by Gasteiger charge is -2.42. The Morgan fingerprint density at radius 2 is 2.35 bits per heavy atom. The highest BCUT2D eigenvalue weighted by Crippen LogP contribution is 2.21. The van der Waals surface area contributed by atoms with Gasteiger partial charge in [-0.25, -0.2) is 0 Å². The fourth-order valence-electron chi connectivity index (χ4n) is 2.66. The molecule has 0 aromatic heterocycles. The van der Waals surface area contributed by atoms with Crippen molar-refractivity contribution in [1.29, 1.82) is 0 Å². The smallest absolute Gasteiger partial charge is 0.190 e. The van der Waals surface area contributed by atoms with Gasteiger partial charge in [-0.15, -0.1) is 0 Å². The van der Waals surface area contributed by atoms with Gasteiger partial charge in [0.25, 0.3) is 0 Å². The number of fused-ring (bicyclic) bond motifs is 1. The summed E-state index contributed by atoms with van der Waals surface area (Å²) in [5, 5.41) is 6.29. The molecule has 0 saturated carbocycles. The predicted molar refractivity (Wildman–Crippen MR) is 69.4 cm³/mol. The molecule has 2 saturated heterocycles. The number of hydrogen-bond acceptors (Lipinski definition) is 3. The summed E-state index contributed by atoms with van der Waals surface area (Å²) >= 11 is 0. The molecule has 17 heavy (non-hydrogen) atoms. The average molecular weight is 240 g/mol. The molecule has 5 nitrogen and oxygen atoms in total. The highest BCUT2D eigenvalue weighted by Gasteiger charge is 2.30. The number of nitrogens with one attached hydrogen (secondary N) is 2. The molecule has 2 fully saturated rings. The van der Waals surface area contributed by atoms with Crippen LogP contribution in [-0.4, -0.2) is 63.3 Å². The van der Waals surface area contributed by atoms with Crippen LogP contribution in [0.15, 0.2) is 4.99 Å². The Bertz CT molecular complexity index is 269. The molecular formula is C12H24N4O. The van der Waals surface area contributed by atoms with E-state index in [0.717, 1.165) is 25.7 Å². The number of rotatable bonds is 2. The fraction of sp³-hybridized carbons (Fsp3) is 0.917. The Hall–Kier alpha value is -0.810. The Kier molecular flexibility index (Phi) is 4.62. The molecule has 0 spiro atoms. The molecule has 0 amide bonds. The lowest BCUT2D eigenvalue weighted by atomic mass is 10.0. The molecule has 98 valence electrons.